The predicted octanol–water partition coefficient (Wildman–Crippen LogP) is 2.54. The van der Waals surface area contributed by atoms with Crippen LogP contribution in [-0.2, 0) is 4.74 Å². The highest BCUT2D eigenvalue weighted by molar-refractivity contribution is 6.30. The van der Waals surface area contributed by atoms with Crippen LogP contribution in [0.2, 0.25) is 5.02 Å². The van der Waals surface area contributed by atoms with Gasteiger partial charge in [-0.1, -0.05) is 17.7 Å². The lowest BCUT2D eigenvalue weighted by molar-refractivity contribution is 0.0383. The van der Waals surface area contributed by atoms with E-state index in [0.29, 0.717) is 22.9 Å². The van der Waals surface area contributed by atoms with Crippen LogP contribution in [-0.4, -0.2) is 55.2 Å². The summed E-state index contributed by atoms with van der Waals surface area (Å²) in [6.07, 6.45) is 1.61. The van der Waals surface area contributed by atoms with Crippen LogP contribution in [0.15, 0.2) is 42.6 Å². The molecule has 0 atom stereocenters. The molecule has 3 rings (SSSR count). The molecule has 1 amide bonds. The highest BCUT2D eigenvalue weighted by Crippen LogP contribution is 2.19. The van der Waals surface area contributed by atoms with Crippen molar-refractivity contribution < 1.29 is 9.53 Å². The quantitative estimate of drug-likeness (QED) is 0.828. The van der Waals surface area contributed by atoms with E-state index in [1.54, 1.807) is 30.5 Å². The minimum atomic E-state index is -0.107. The molecule has 0 aliphatic carbocycles. The molecule has 1 aliphatic rings. The number of hydrogen-bond donors (Lipinski definition) is 2. The predicted molar refractivity (Wildman–Crippen MR) is 98.6 cm³/mol. The molecule has 0 radical (unpaired) electrons. The van der Waals surface area contributed by atoms with Gasteiger partial charge in [0.05, 0.1) is 13.2 Å². The second-order valence-corrected chi connectivity index (χ2v) is 6.21. The summed E-state index contributed by atoms with van der Waals surface area (Å²) in [6, 6.07) is 10.8. The van der Waals surface area contributed by atoms with Crippen molar-refractivity contribution in [1.82, 2.24) is 15.2 Å². The van der Waals surface area contributed by atoms with Gasteiger partial charge < -0.3 is 15.4 Å². The van der Waals surface area contributed by atoms with Crippen LogP contribution < -0.4 is 10.6 Å². The van der Waals surface area contributed by atoms with Gasteiger partial charge in [-0.25, -0.2) is 4.98 Å². The zero-order valence-corrected chi connectivity index (χ0v) is 14.6. The third kappa shape index (κ3) is 5.42. The number of ether oxygens (including phenoxy) is 1. The number of amides is 1. The second-order valence-electron chi connectivity index (χ2n) is 5.78. The first kappa shape index (κ1) is 17.7. The van der Waals surface area contributed by atoms with Gasteiger partial charge in [0.2, 0.25) is 0 Å². The average molecular weight is 361 g/mol. The normalized spacial score (nSPS) is 14.9. The topological polar surface area (TPSA) is 66.5 Å². The standard InChI is InChI=1S/C18H21ClN4O2/c19-15-2-1-3-16(13-15)22-17-12-14(4-5-20-17)18(24)21-6-7-23-8-10-25-11-9-23/h1-5,12-13H,6-11H2,(H,20,22)(H,21,24). The molecule has 1 aromatic carbocycles. The first-order valence-corrected chi connectivity index (χ1v) is 8.65. The molecule has 0 bridgehead atoms. The van der Waals surface area contributed by atoms with Crippen molar-refractivity contribution in [3.05, 3.63) is 53.2 Å². The molecule has 0 unspecified atom stereocenters. The summed E-state index contributed by atoms with van der Waals surface area (Å²) in [6.45, 7) is 4.79. The summed E-state index contributed by atoms with van der Waals surface area (Å²) < 4.78 is 5.31. The van der Waals surface area contributed by atoms with Gasteiger partial charge in [0.25, 0.3) is 5.91 Å². The molecule has 2 N–H and O–H groups in total. The zero-order valence-electron chi connectivity index (χ0n) is 13.9. The maximum Gasteiger partial charge on any atom is 0.251 e. The summed E-state index contributed by atoms with van der Waals surface area (Å²) in [5.41, 5.74) is 1.39. The molecule has 0 spiro atoms. The number of nitrogens with zero attached hydrogens (tertiary/aromatic N) is 2. The van der Waals surface area contributed by atoms with Gasteiger partial charge in [-0.3, -0.25) is 9.69 Å². The molecule has 25 heavy (non-hydrogen) atoms. The number of morpholine rings is 1. The minimum Gasteiger partial charge on any atom is -0.379 e. The number of hydrogen-bond acceptors (Lipinski definition) is 5. The van der Waals surface area contributed by atoms with Crippen LogP contribution in [0.3, 0.4) is 0 Å². The van der Waals surface area contributed by atoms with Crippen molar-refractivity contribution in [1.29, 1.82) is 0 Å². The van der Waals surface area contributed by atoms with Crippen LogP contribution in [0.25, 0.3) is 0 Å². The molecule has 1 aromatic heterocycles. The molecule has 1 aliphatic heterocycles. The molecule has 2 heterocycles. The van der Waals surface area contributed by atoms with Crippen LogP contribution in [0.1, 0.15) is 10.4 Å². The zero-order chi connectivity index (χ0) is 17.5. The van der Waals surface area contributed by atoms with Gasteiger partial charge in [-0.05, 0) is 30.3 Å². The molecular weight excluding hydrogens is 340 g/mol. The summed E-state index contributed by atoms with van der Waals surface area (Å²) in [4.78, 5) is 18.8. The van der Waals surface area contributed by atoms with Crippen LogP contribution >= 0.6 is 11.6 Å². The van der Waals surface area contributed by atoms with Gasteiger partial charge in [-0.2, -0.15) is 0 Å². The van der Waals surface area contributed by atoms with Crippen molar-refractivity contribution in [3.8, 4) is 0 Å². The number of halogens is 1. The summed E-state index contributed by atoms with van der Waals surface area (Å²) in [5, 5.41) is 6.74. The number of benzene rings is 1. The van der Waals surface area contributed by atoms with Gasteiger partial charge in [-0.15, -0.1) is 0 Å². The van der Waals surface area contributed by atoms with E-state index >= 15 is 0 Å². The summed E-state index contributed by atoms with van der Waals surface area (Å²) in [7, 11) is 0. The Labute approximate surface area is 152 Å². The second kappa shape index (κ2) is 8.80. The Morgan fingerprint density at radius 3 is 2.88 bits per heavy atom. The number of anilines is 2. The fraction of sp³-hybridized carbons (Fsp3) is 0.333. The summed E-state index contributed by atoms with van der Waals surface area (Å²) >= 11 is 5.98. The van der Waals surface area contributed by atoms with Gasteiger partial charge in [0.15, 0.2) is 0 Å². The van der Waals surface area contributed by atoms with Gasteiger partial charge >= 0.3 is 0 Å². The Bertz CT molecular complexity index is 720. The number of aromatic nitrogens is 1. The number of pyridine rings is 1. The molecule has 2 aromatic rings. The molecule has 6 nitrogen and oxygen atoms in total. The molecule has 1 saturated heterocycles. The Morgan fingerprint density at radius 2 is 2.08 bits per heavy atom. The van der Waals surface area contributed by atoms with E-state index < -0.39 is 0 Å². The maximum atomic E-state index is 12.3. The lowest BCUT2D eigenvalue weighted by atomic mass is 10.2. The third-order valence-electron chi connectivity index (χ3n) is 3.94. The SMILES string of the molecule is O=C(NCCN1CCOCC1)c1ccnc(Nc2cccc(Cl)c2)c1. The van der Waals surface area contributed by atoms with Gasteiger partial charge in [0.1, 0.15) is 5.82 Å². The highest BCUT2D eigenvalue weighted by atomic mass is 35.5. The highest BCUT2D eigenvalue weighted by Gasteiger charge is 2.11. The van der Waals surface area contributed by atoms with Crippen molar-refractivity contribution in [2.45, 2.75) is 0 Å². The third-order valence-corrected chi connectivity index (χ3v) is 4.17. The van der Waals surface area contributed by atoms with E-state index in [1.807, 2.05) is 12.1 Å². The van der Waals surface area contributed by atoms with E-state index in [9.17, 15) is 4.79 Å². The molecule has 0 saturated carbocycles. The monoisotopic (exact) mass is 360 g/mol. The van der Waals surface area contributed by atoms with Crippen molar-refractivity contribution >= 4 is 29.0 Å². The number of carbonyl (C=O) groups excluding carboxylic acids is 1. The minimum absolute atomic E-state index is 0.107. The van der Waals surface area contributed by atoms with E-state index in [1.165, 1.54) is 0 Å². The maximum absolute atomic E-state index is 12.3. The first-order chi connectivity index (χ1) is 12.2. The lowest BCUT2D eigenvalue weighted by Crippen LogP contribution is -2.41. The van der Waals surface area contributed by atoms with Crippen molar-refractivity contribution in [2.75, 3.05) is 44.7 Å². The average Bonchev–Trinajstić information content (AvgIpc) is 2.63. The number of rotatable bonds is 6. The van der Waals surface area contributed by atoms with Gasteiger partial charge in [0, 0.05) is 48.6 Å². The molecule has 1 fully saturated rings. The van der Waals surface area contributed by atoms with Crippen molar-refractivity contribution in [2.24, 2.45) is 0 Å². The van der Waals surface area contributed by atoms with E-state index in [4.69, 9.17) is 16.3 Å². The van der Waals surface area contributed by atoms with Crippen molar-refractivity contribution in [3.63, 3.8) is 0 Å². The Morgan fingerprint density at radius 1 is 1.24 bits per heavy atom. The van der Waals surface area contributed by atoms with E-state index in [0.717, 1.165) is 38.5 Å². The van der Waals surface area contributed by atoms with E-state index in [2.05, 4.69) is 20.5 Å². The van der Waals surface area contributed by atoms with Crippen LogP contribution in [0.4, 0.5) is 11.5 Å². The fourth-order valence-corrected chi connectivity index (χ4v) is 2.80. The fourth-order valence-electron chi connectivity index (χ4n) is 2.61. The largest absolute Gasteiger partial charge is 0.379 e. The lowest BCUT2D eigenvalue weighted by Gasteiger charge is -2.26. The number of nitrogens with one attached hydrogen (secondary N) is 2. The molecule has 7 heteroatoms. The Hall–Kier alpha value is -2.15. The Kier molecular flexibility index (Phi) is 6.22. The first-order valence-electron chi connectivity index (χ1n) is 8.28. The van der Waals surface area contributed by atoms with Crippen LogP contribution in [0, 0.1) is 0 Å². The smallest absolute Gasteiger partial charge is 0.251 e. The molecular formula is C18H21ClN4O2. The summed E-state index contributed by atoms with van der Waals surface area (Å²) in [5.74, 6) is 0.493. The Balaban J connectivity index is 1.54. The number of carbonyl (C=O) groups is 1. The molecule has 132 valence electrons. The van der Waals surface area contributed by atoms with E-state index in [-0.39, 0.29) is 5.91 Å². The van der Waals surface area contributed by atoms with Crippen LogP contribution in [0.5, 0.6) is 0 Å².